The van der Waals surface area contributed by atoms with Crippen LogP contribution >= 0.6 is 23.2 Å². The van der Waals surface area contributed by atoms with Gasteiger partial charge in [0.25, 0.3) is 10.0 Å². The maximum absolute atomic E-state index is 13.6. The lowest BCUT2D eigenvalue weighted by Gasteiger charge is -2.32. The quantitative estimate of drug-likeness (QED) is 0.436. The number of carbonyl (C=O) groups excluding carboxylic acids is 1. The molecule has 2 rings (SSSR count). The van der Waals surface area contributed by atoms with Crippen LogP contribution in [0.5, 0.6) is 0 Å². The van der Waals surface area contributed by atoms with Gasteiger partial charge < -0.3 is 19.8 Å². The molecule has 0 bridgehead atoms. The summed E-state index contributed by atoms with van der Waals surface area (Å²) in [6.45, 7) is 1.42. The average molecular weight is 519 g/mol. The van der Waals surface area contributed by atoms with E-state index in [0.717, 1.165) is 0 Å². The van der Waals surface area contributed by atoms with E-state index >= 15 is 0 Å². The number of rotatable bonds is 11. The van der Waals surface area contributed by atoms with E-state index in [4.69, 9.17) is 33.0 Å². The molecule has 182 valence electrons. The highest BCUT2D eigenvalue weighted by molar-refractivity contribution is 7.92. The number of benzene rings is 2. The molecule has 2 aromatic rings. The first-order valence-electron chi connectivity index (χ1n) is 10.3. The summed E-state index contributed by atoms with van der Waals surface area (Å²) in [6.07, 6.45) is 0.183. The Hall–Kier alpha value is -2.04. The van der Waals surface area contributed by atoms with Crippen LogP contribution in [0, 0.1) is 0 Å². The van der Waals surface area contributed by atoms with Crippen LogP contribution in [0.1, 0.15) is 25.3 Å². The number of nitrogens with zero attached hydrogens (tertiary/aromatic N) is 2. The first kappa shape index (κ1) is 27.2. The Labute approximate surface area is 204 Å². The number of hydrogen-bond acceptors (Lipinski definition) is 6. The maximum atomic E-state index is 13.6. The Morgan fingerprint density at radius 3 is 2.33 bits per heavy atom. The fraction of sp³-hybridized carbons (Fsp3) is 0.409. The molecule has 2 N–H and O–H groups in total. The molecular formula is C22H28Cl2N2O6S. The Bertz CT molecular complexity index is 1030. The van der Waals surface area contributed by atoms with Crippen LogP contribution in [0.25, 0.3) is 0 Å². The first-order chi connectivity index (χ1) is 15.6. The molecule has 0 aliphatic carbocycles. The van der Waals surface area contributed by atoms with Crippen molar-refractivity contribution >= 4 is 45.0 Å². The van der Waals surface area contributed by atoms with Crippen LogP contribution < -0.4 is 4.31 Å². The zero-order chi connectivity index (χ0) is 24.6. The van der Waals surface area contributed by atoms with Crippen LogP contribution in [0.3, 0.4) is 0 Å². The molecule has 2 aromatic carbocycles. The van der Waals surface area contributed by atoms with Crippen molar-refractivity contribution in [3.63, 3.8) is 0 Å². The van der Waals surface area contributed by atoms with Gasteiger partial charge in [-0.25, -0.2) is 13.2 Å². The van der Waals surface area contributed by atoms with Crippen molar-refractivity contribution < 1.29 is 28.2 Å². The smallest absolute Gasteiger partial charge is 0.409 e. The fourth-order valence-electron chi connectivity index (χ4n) is 3.21. The third kappa shape index (κ3) is 7.22. The standard InChI is InChI=1S/C22H28Cl2N2O6S/c1-16(4-3-13-32-22(29)25(2)11-12-27)26(21-14-19(24)6-5-17(21)15-28)33(30,31)20-9-7-18(23)8-10-20/h5-10,14,16,27-28H,3-4,11-13,15H2,1-2H3. The molecular weight excluding hydrogens is 491 g/mol. The summed E-state index contributed by atoms with van der Waals surface area (Å²) in [7, 11) is -2.52. The summed E-state index contributed by atoms with van der Waals surface area (Å²) in [5.41, 5.74) is 0.674. The van der Waals surface area contributed by atoms with Crippen molar-refractivity contribution in [2.24, 2.45) is 0 Å². The molecule has 0 saturated carbocycles. The van der Waals surface area contributed by atoms with Gasteiger partial charge in [0.05, 0.1) is 30.4 Å². The molecule has 0 radical (unpaired) electrons. The second kappa shape index (κ2) is 12.4. The molecule has 11 heteroatoms. The predicted molar refractivity (Wildman–Crippen MR) is 128 cm³/mol. The summed E-state index contributed by atoms with van der Waals surface area (Å²) in [4.78, 5) is 13.2. The summed E-state index contributed by atoms with van der Waals surface area (Å²) in [6, 6.07) is 9.92. The van der Waals surface area contributed by atoms with Gasteiger partial charge in [-0.1, -0.05) is 29.3 Å². The number of ether oxygens (including phenoxy) is 1. The van der Waals surface area contributed by atoms with Crippen molar-refractivity contribution in [3.05, 3.63) is 58.1 Å². The number of amides is 1. The molecule has 0 aliphatic heterocycles. The van der Waals surface area contributed by atoms with Crippen molar-refractivity contribution in [2.45, 2.75) is 37.3 Å². The second-order valence-corrected chi connectivity index (χ2v) is 10.1. The van der Waals surface area contributed by atoms with Gasteiger partial charge in [-0.3, -0.25) is 4.31 Å². The van der Waals surface area contributed by atoms with E-state index in [1.54, 1.807) is 19.1 Å². The zero-order valence-corrected chi connectivity index (χ0v) is 20.8. The number of aliphatic hydroxyl groups excluding tert-OH is 2. The highest BCUT2D eigenvalue weighted by atomic mass is 35.5. The van der Waals surface area contributed by atoms with Gasteiger partial charge in [0.15, 0.2) is 0 Å². The first-order valence-corrected chi connectivity index (χ1v) is 12.5. The van der Waals surface area contributed by atoms with Crippen LogP contribution in [0.15, 0.2) is 47.4 Å². The molecule has 1 amide bonds. The zero-order valence-electron chi connectivity index (χ0n) is 18.4. The third-order valence-corrected chi connectivity index (χ3v) is 7.39. The number of likely N-dealkylation sites (N-methyl/N-ethyl adjacent to an activating group) is 1. The van der Waals surface area contributed by atoms with Gasteiger partial charge in [-0.05, 0) is 56.2 Å². The van der Waals surface area contributed by atoms with Gasteiger partial charge in [0.1, 0.15) is 0 Å². The molecule has 0 fully saturated rings. The molecule has 1 unspecified atom stereocenters. The van der Waals surface area contributed by atoms with Crippen LogP contribution in [-0.4, -0.2) is 62.5 Å². The largest absolute Gasteiger partial charge is 0.449 e. The minimum absolute atomic E-state index is 0.0414. The molecule has 0 saturated heterocycles. The Kier molecular flexibility index (Phi) is 10.2. The van der Waals surface area contributed by atoms with Gasteiger partial charge in [-0.2, -0.15) is 0 Å². The number of sulfonamides is 1. The summed E-state index contributed by atoms with van der Waals surface area (Å²) in [5.74, 6) is 0. The highest BCUT2D eigenvalue weighted by Gasteiger charge is 2.31. The van der Waals surface area contributed by atoms with Gasteiger partial charge in [0.2, 0.25) is 0 Å². The number of carbonyl (C=O) groups is 1. The summed E-state index contributed by atoms with van der Waals surface area (Å²) < 4.78 is 33.6. The predicted octanol–water partition coefficient (Wildman–Crippen LogP) is 3.91. The van der Waals surface area contributed by atoms with Crippen LogP contribution in [0.4, 0.5) is 10.5 Å². The molecule has 8 nitrogen and oxygen atoms in total. The summed E-state index contributed by atoms with van der Waals surface area (Å²) >= 11 is 12.1. The van der Waals surface area contributed by atoms with E-state index in [9.17, 15) is 18.3 Å². The Morgan fingerprint density at radius 2 is 1.73 bits per heavy atom. The summed E-state index contributed by atoms with van der Waals surface area (Å²) in [5, 5.41) is 19.5. The number of halogens is 2. The van der Waals surface area contributed by atoms with Gasteiger partial charge >= 0.3 is 6.09 Å². The average Bonchev–Trinajstić information content (AvgIpc) is 2.77. The lowest BCUT2D eigenvalue weighted by atomic mass is 10.1. The van der Waals surface area contributed by atoms with E-state index < -0.39 is 22.2 Å². The van der Waals surface area contributed by atoms with Crippen molar-refractivity contribution in [1.29, 1.82) is 0 Å². The van der Waals surface area contributed by atoms with Crippen molar-refractivity contribution in [3.8, 4) is 0 Å². The Morgan fingerprint density at radius 1 is 1.09 bits per heavy atom. The van der Waals surface area contributed by atoms with Crippen molar-refractivity contribution in [2.75, 3.05) is 31.1 Å². The van der Waals surface area contributed by atoms with E-state index in [1.165, 1.54) is 46.6 Å². The SMILES string of the molecule is CC(CCCOC(=O)N(C)CCO)N(c1cc(Cl)ccc1CO)S(=O)(=O)c1ccc(Cl)cc1. The number of hydrogen-bond donors (Lipinski definition) is 2. The van der Waals surface area contributed by atoms with E-state index in [1.807, 2.05) is 0 Å². The molecule has 0 aromatic heterocycles. The third-order valence-electron chi connectivity index (χ3n) is 4.96. The number of aliphatic hydroxyl groups is 2. The van der Waals surface area contributed by atoms with Gasteiger partial charge in [-0.15, -0.1) is 0 Å². The monoisotopic (exact) mass is 518 g/mol. The van der Waals surface area contributed by atoms with E-state index in [0.29, 0.717) is 28.5 Å². The molecule has 33 heavy (non-hydrogen) atoms. The normalized spacial score (nSPS) is 12.3. The van der Waals surface area contributed by atoms with E-state index in [-0.39, 0.29) is 36.9 Å². The Balaban J connectivity index is 2.29. The maximum Gasteiger partial charge on any atom is 0.409 e. The van der Waals surface area contributed by atoms with E-state index in [2.05, 4.69) is 0 Å². The van der Waals surface area contributed by atoms with Crippen molar-refractivity contribution in [1.82, 2.24) is 4.90 Å². The number of anilines is 1. The van der Waals surface area contributed by atoms with Gasteiger partial charge in [0, 0.05) is 35.2 Å². The molecule has 1 atom stereocenters. The topological polar surface area (TPSA) is 107 Å². The molecule has 0 heterocycles. The fourth-order valence-corrected chi connectivity index (χ4v) is 5.21. The minimum Gasteiger partial charge on any atom is -0.449 e. The molecule has 0 aliphatic rings. The minimum atomic E-state index is -4.03. The molecule has 0 spiro atoms. The lowest BCUT2D eigenvalue weighted by Crippen LogP contribution is -2.39. The second-order valence-electron chi connectivity index (χ2n) is 7.44. The van der Waals surface area contributed by atoms with Crippen LogP contribution in [0.2, 0.25) is 10.0 Å². The lowest BCUT2D eigenvalue weighted by molar-refractivity contribution is 0.102. The van der Waals surface area contributed by atoms with Crippen LogP contribution in [-0.2, 0) is 21.4 Å². The highest BCUT2D eigenvalue weighted by Crippen LogP contribution is 2.33.